The molecule has 2 aromatic rings. The summed E-state index contributed by atoms with van der Waals surface area (Å²) in [5.74, 6) is -0.0836. The first-order valence-corrected chi connectivity index (χ1v) is 12.6. The normalized spacial score (nSPS) is 15.1. The average molecular weight is 433 g/mol. The van der Waals surface area contributed by atoms with Gasteiger partial charge in [-0.05, 0) is 74.4 Å². The molecule has 29 heavy (non-hydrogen) atoms. The van der Waals surface area contributed by atoms with E-state index < -0.39 is 10.0 Å². The van der Waals surface area contributed by atoms with Gasteiger partial charge in [0.1, 0.15) is 0 Å². The molecule has 1 aliphatic rings. The van der Waals surface area contributed by atoms with E-state index in [0.717, 1.165) is 54.8 Å². The highest BCUT2D eigenvalue weighted by Gasteiger charge is 2.23. The SMILES string of the molecule is CSc1ccc(S(=O)(=O)Nc2cc(C)cc(C)c2)cc1C(=O)N1CCCCCC1. The molecule has 1 N–H and O–H groups in total. The molecule has 5 nitrogen and oxygen atoms in total. The van der Waals surface area contributed by atoms with Crippen molar-refractivity contribution in [1.82, 2.24) is 4.90 Å². The Morgan fingerprint density at radius 2 is 1.59 bits per heavy atom. The molecule has 156 valence electrons. The Morgan fingerprint density at radius 1 is 0.966 bits per heavy atom. The molecule has 1 fully saturated rings. The van der Waals surface area contributed by atoms with Crippen LogP contribution in [0.25, 0.3) is 0 Å². The Labute approximate surface area is 177 Å². The topological polar surface area (TPSA) is 66.5 Å². The van der Waals surface area contributed by atoms with E-state index in [9.17, 15) is 13.2 Å². The zero-order chi connectivity index (χ0) is 21.0. The summed E-state index contributed by atoms with van der Waals surface area (Å²) in [6.45, 7) is 5.31. The second kappa shape index (κ2) is 9.22. The molecule has 0 aromatic heterocycles. The molecule has 1 aliphatic heterocycles. The van der Waals surface area contributed by atoms with Gasteiger partial charge in [0.05, 0.1) is 10.5 Å². The Hall–Kier alpha value is -1.99. The number of rotatable bonds is 5. The number of carbonyl (C=O) groups is 1. The Bertz CT molecular complexity index is 975. The van der Waals surface area contributed by atoms with Crippen LogP contribution in [0.4, 0.5) is 5.69 Å². The summed E-state index contributed by atoms with van der Waals surface area (Å²) >= 11 is 1.46. The van der Waals surface area contributed by atoms with Crippen LogP contribution < -0.4 is 4.72 Å². The summed E-state index contributed by atoms with van der Waals surface area (Å²) in [6.07, 6.45) is 6.15. The molecule has 0 atom stereocenters. The predicted molar refractivity (Wildman–Crippen MR) is 119 cm³/mol. The molecule has 1 heterocycles. The molecular formula is C22H28N2O3S2. The van der Waals surface area contributed by atoms with Gasteiger partial charge in [-0.3, -0.25) is 9.52 Å². The van der Waals surface area contributed by atoms with E-state index >= 15 is 0 Å². The van der Waals surface area contributed by atoms with E-state index in [1.165, 1.54) is 17.8 Å². The van der Waals surface area contributed by atoms with Crippen LogP contribution in [-0.4, -0.2) is 38.6 Å². The number of anilines is 1. The van der Waals surface area contributed by atoms with E-state index in [1.54, 1.807) is 24.3 Å². The number of benzene rings is 2. The molecule has 1 amide bonds. The molecule has 2 aromatic carbocycles. The summed E-state index contributed by atoms with van der Waals surface area (Å²) < 4.78 is 28.6. The maximum atomic E-state index is 13.2. The second-order valence-electron chi connectivity index (χ2n) is 7.55. The largest absolute Gasteiger partial charge is 0.339 e. The lowest BCUT2D eigenvalue weighted by atomic mass is 10.1. The fourth-order valence-electron chi connectivity index (χ4n) is 3.71. The summed E-state index contributed by atoms with van der Waals surface area (Å²) in [7, 11) is -3.80. The summed E-state index contributed by atoms with van der Waals surface area (Å²) in [4.78, 5) is 15.9. The smallest absolute Gasteiger partial charge is 0.261 e. The van der Waals surface area contributed by atoms with Crippen LogP contribution in [0.15, 0.2) is 46.2 Å². The third-order valence-corrected chi connectivity index (χ3v) is 7.25. The van der Waals surface area contributed by atoms with E-state index in [0.29, 0.717) is 11.3 Å². The fourth-order valence-corrected chi connectivity index (χ4v) is 5.35. The van der Waals surface area contributed by atoms with Gasteiger partial charge in [0, 0.05) is 23.7 Å². The van der Waals surface area contributed by atoms with Crippen molar-refractivity contribution in [3.63, 3.8) is 0 Å². The van der Waals surface area contributed by atoms with Gasteiger partial charge in [0.2, 0.25) is 0 Å². The van der Waals surface area contributed by atoms with Gasteiger partial charge in [-0.25, -0.2) is 8.42 Å². The van der Waals surface area contributed by atoms with E-state index in [2.05, 4.69) is 4.72 Å². The van der Waals surface area contributed by atoms with Crippen molar-refractivity contribution >= 4 is 33.4 Å². The van der Waals surface area contributed by atoms with Crippen molar-refractivity contribution in [2.75, 3.05) is 24.1 Å². The van der Waals surface area contributed by atoms with Crippen molar-refractivity contribution in [2.24, 2.45) is 0 Å². The van der Waals surface area contributed by atoms with Gasteiger partial charge in [0.15, 0.2) is 0 Å². The zero-order valence-electron chi connectivity index (χ0n) is 17.2. The predicted octanol–water partition coefficient (Wildman–Crippen LogP) is 4.84. The lowest BCUT2D eigenvalue weighted by Crippen LogP contribution is -2.32. The summed E-state index contributed by atoms with van der Waals surface area (Å²) in [5.41, 5.74) is 2.95. The average Bonchev–Trinajstić information content (AvgIpc) is 2.95. The van der Waals surface area contributed by atoms with Crippen LogP contribution in [0.2, 0.25) is 0 Å². The highest BCUT2D eigenvalue weighted by molar-refractivity contribution is 7.98. The lowest BCUT2D eigenvalue weighted by molar-refractivity contribution is 0.0758. The van der Waals surface area contributed by atoms with E-state index in [-0.39, 0.29) is 10.8 Å². The maximum absolute atomic E-state index is 13.2. The quantitative estimate of drug-likeness (QED) is 0.687. The highest BCUT2D eigenvalue weighted by atomic mass is 32.2. The number of nitrogens with one attached hydrogen (secondary N) is 1. The van der Waals surface area contributed by atoms with Crippen molar-refractivity contribution in [3.05, 3.63) is 53.1 Å². The van der Waals surface area contributed by atoms with Crippen LogP contribution in [0.1, 0.15) is 47.2 Å². The van der Waals surface area contributed by atoms with E-state index in [1.807, 2.05) is 31.1 Å². The molecule has 7 heteroatoms. The zero-order valence-corrected chi connectivity index (χ0v) is 18.8. The molecule has 1 saturated heterocycles. The van der Waals surface area contributed by atoms with Gasteiger partial charge >= 0.3 is 0 Å². The van der Waals surface area contributed by atoms with Gasteiger partial charge < -0.3 is 4.90 Å². The number of hydrogen-bond acceptors (Lipinski definition) is 4. The van der Waals surface area contributed by atoms with Crippen molar-refractivity contribution in [3.8, 4) is 0 Å². The molecule has 0 spiro atoms. The van der Waals surface area contributed by atoms with Gasteiger partial charge in [-0.1, -0.05) is 18.9 Å². The van der Waals surface area contributed by atoms with E-state index in [4.69, 9.17) is 0 Å². The Morgan fingerprint density at radius 3 is 2.17 bits per heavy atom. The standard InChI is InChI=1S/C22H28N2O3S2/c1-16-12-17(2)14-18(13-16)23-29(26,27)19-8-9-21(28-3)20(15-19)22(25)24-10-6-4-5-7-11-24/h8-9,12-15,23H,4-7,10-11H2,1-3H3. The number of nitrogens with zero attached hydrogens (tertiary/aromatic N) is 1. The molecule has 0 aliphatic carbocycles. The van der Waals surface area contributed by atoms with Gasteiger partial charge in [-0.2, -0.15) is 0 Å². The molecule has 0 saturated carbocycles. The molecule has 0 radical (unpaired) electrons. The van der Waals surface area contributed by atoms with Crippen molar-refractivity contribution in [2.45, 2.75) is 49.3 Å². The number of sulfonamides is 1. The molecular weight excluding hydrogens is 404 g/mol. The number of thioether (sulfide) groups is 1. The van der Waals surface area contributed by atoms with Crippen LogP contribution in [0.3, 0.4) is 0 Å². The first kappa shape index (κ1) is 21.7. The number of amides is 1. The van der Waals surface area contributed by atoms with Crippen molar-refractivity contribution < 1.29 is 13.2 Å². The minimum absolute atomic E-state index is 0.0836. The summed E-state index contributed by atoms with van der Waals surface area (Å²) in [6, 6.07) is 10.4. The number of likely N-dealkylation sites (tertiary alicyclic amines) is 1. The third-order valence-electron chi connectivity index (χ3n) is 5.08. The van der Waals surface area contributed by atoms with Gasteiger partial charge in [-0.15, -0.1) is 11.8 Å². The van der Waals surface area contributed by atoms with Crippen LogP contribution in [0, 0.1) is 13.8 Å². The number of carbonyl (C=O) groups excluding carboxylic acids is 1. The van der Waals surface area contributed by atoms with Crippen LogP contribution >= 0.6 is 11.8 Å². The highest BCUT2D eigenvalue weighted by Crippen LogP contribution is 2.27. The van der Waals surface area contributed by atoms with Crippen molar-refractivity contribution in [1.29, 1.82) is 0 Å². The number of aryl methyl sites for hydroxylation is 2. The van der Waals surface area contributed by atoms with Crippen LogP contribution in [0.5, 0.6) is 0 Å². The first-order valence-electron chi connectivity index (χ1n) is 9.88. The lowest BCUT2D eigenvalue weighted by Gasteiger charge is -2.22. The molecule has 0 bridgehead atoms. The molecule has 3 rings (SSSR count). The Balaban J connectivity index is 1.93. The third kappa shape index (κ3) is 5.34. The number of hydrogen-bond donors (Lipinski definition) is 1. The Kier molecular flexibility index (Phi) is 6.90. The maximum Gasteiger partial charge on any atom is 0.261 e. The summed E-state index contributed by atoms with van der Waals surface area (Å²) in [5, 5.41) is 0. The minimum atomic E-state index is -3.80. The minimum Gasteiger partial charge on any atom is -0.339 e. The first-order chi connectivity index (χ1) is 13.8. The van der Waals surface area contributed by atoms with Crippen LogP contribution in [-0.2, 0) is 10.0 Å². The fraction of sp³-hybridized carbons (Fsp3) is 0.409. The van der Waals surface area contributed by atoms with Gasteiger partial charge in [0.25, 0.3) is 15.9 Å². The monoisotopic (exact) mass is 432 g/mol. The second-order valence-corrected chi connectivity index (χ2v) is 10.1. The molecule has 0 unspecified atom stereocenters.